The molecule has 1 unspecified atom stereocenters. The van der Waals surface area contributed by atoms with Crippen molar-refractivity contribution in [3.63, 3.8) is 0 Å². The van der Waals surface area contributed by atoms with Crippen molar-refractivity contribution >= 4 is 11.9 Å². The fourth-order valence-corrected chi connectivity index (χ4v) is 1.29. The second kappa shape index (κ2) is 3.90. The molecule has 5 nitrogen and oxygen atoms in total. The molecule has 1 saturated heterocycles. The lowest BCUT2D eigenvalue weighted by atomic mass is 10.3. The van der Waals surface area contributed by atoms with E-state index in [4.69, 9.17) is 10.00 Å². The fraction of sp³-hybridized carbons (Fsp3) is 0.625. The van der Waals surface area contributed by atoms with Crippen LogP contribution in [0.25, 0.3) is 0 Å². The Morgan fingerprint density at radius 2 is 2.54 bits per heavy atom. The van der Waals surface area contributed by atoms with E-state index in [9.17, 15) is 9.59 Å². The first-order chi connectivity index (χ1) is 6.13. The minimum Gasteiger partial charge on any atom is -0.460 e. The van der Waals surface area contributed by atoms with Crippen LogP contribution in [0.4, 0.5) is 0 Å². The molecule has 1 amide bonds. The van der Waals surface area contributed by atoms with E-state index in [1.165, 1.54) is 11.8 Å². The summed E-state index contributed by atoms with van der Waals surface area (Å²) >= 11 is 0. The molecule has 0 bridgehead atoms. The van der Waals surface area contributed by atoms with Crippen molar-refractivity contribution in [3.8, 4) is 6.07 Å². The van der Waals surface area contributed by atoms with Crippen molar-refractivity contribution in [1.29, 1.82) is 5.26 Å². The third kappa shape index (κ3) is 2.44. The maximum atomic E-state index is 11.1. The molecule has 1 aliphatic rings. The lowest BCUT2D eigenvalue weighted by Gasteiger charge is -2.11. The average molecular weight is 182 g/mol. The van der Waals surface area contributed by atoms with Crippen LogP contribution >= 0.6 is 0 Å². The molecule has 1 aliphatic heterocycles. The van der Waals surface area contributed by atoms with E-state index in [0.717, 1.165) is 0 Å². The standard InChI is InChI=1S/C8H10N2O3/c1-6(11)13-7-4-8(12)10(5-7)3-2-9/h7H,3-5H2,1H3. The highest BCUT2D eigenvalue weighted by molar-refractivity contribution is 5.80. The summed E-state index contributed by atoms with van der Waals surface area (Å²) in [6, 6.07) is 1.88. The molecule has 13 heavy (non-hydrogen) atoms. The van der Waals surface area contributed by atoms with Crippen LogP contribution in [0.5, 0.6) is 0 Å². The first-order valence-corrected chi connectivity index (χ1v) is 3.95. The molecule has 0 aromatic carbocycles. The lowest BCUT2D eigenvalue weighted by Crippen LogP contribution is -2.27. The van der Waals surface area contributed by atoms with E-state index in [-0.39, 0.29) is 25.0 Å². The summed E-state index contributed by atoms with van der Waals surface area (Å²) in [6.07, 6.45) is -0.181. The van der Waals surface area contributed by atoms with Crippen molar-refractivity contribution in [2.45, 2.75) is 19.4 Å². The number of ether oxygens (including phenoxy) is 1. The number of rotatable bonds is 2. The van der Waals surface area contributed by atoms with Gasteiger partial charge in [0.15, 0.2) is 0 Å². The van der Waals surface area contributed by atoms with Crippen LogP contribution < -0.4 is 0 Å². The van der Waals surface area contributed by atoms with Crippen LogP contribution in [-0.2, 0) is 14.3 Å². The lowest BCUT2D eigenvalue weighted by molar-refractivity contribution is -0.145. The van der Waals surface area contributed by atoms with Gasteiger partial charge in [0, 0.05) is 6.92 Å². The Morgan fingerprint density at radius 1 is 1.85 bits per heavy atom. The minimum atomic E-state index is -0.392. The van der Waals surface area contributed by atoms with Crippen LogP contribution in [0.2, 0.25) is 0 Å². The largest absolute Gasteiger partial charge is 0.460 e. The number of esters is 1. The molecule has 5 heteroatoms. The van der Waals surface area contributed by atoms with Crippen LogP contribution in [-0.4, -0.2) is 36.0 Å². The highest BCUT2D eigenvalue weighted by Gasteiger charge is 2.31. The summed E-state index contributed by atoms with van der Waals surface area (Å²) in [5.74, 6) is -0.524. The van der Waals surface area contributed by atoms with E-state index < -0.39 is 5.97 Å². The molecule has 1 atom stereocenters. The topological polar surface area (TPSA) is 70.4 Å². The zero-order valence-electron chi connectivity index (χ0n) is 7.32. The monoisotopic (exact) mass is 182 g/mol. The Balaban J connectivity index is 2.46. The molecule has 0 spiro atoms. The summed E-state index contributed by atoms with van der Waals surface area (Å²) in [5.41, 5.74) is 0. The van der Waals surface area contributed by atoms with Crippen molar-refractivity contribution in [1.82, 2.24) is 4.90 Å². The first-order valence-electron chi connectivity index (χ1n) is 3.95. The molecular weight excluding hydrogens is 172 g/mol. The molecule has 0 saturated carbocycles. The molecule has 0 radical (unpaired) electrons. The second-order valence-electron chi connectivity index (χ2n) is 2.87. The van der Waals surface area contributed by atoms with Crippen molar-refractivity contribution in [2.24, 2.45) is 0 Å². The number of carbonyl (C=O) groups excluding carboxylic acids is 2. The fourth-order valence-electron chi connectivity index (χ4n) is 1.29. The molecule has 0 N–H and O–H groups in total. The van der Waals surface area contributed by atoms with E-state index in [2.05, 4.69) is 0 Å². The molecule has 0 aromatic rings. The van der Waals surface area contributed by atoms with E-state index in [1.807, 2.05) is 6.07 Å². The summed E-state index contributed by atoms with van der Waals surface area (Å²) < 4.78 is 4.85. The molecule has 1 fully saturated rings. The highest BCUT2D eigenvalue weighted by Crippen LogP contribution is 2.13. The Bertz CT molecular complexity index is 269. The number of amides is 1. The van der Waals surface area contributed by atoms with E-state index in [0.29, 0.717) is 6.54 Å². The van der Waals surface area contributed by atoms with Gasteiger partial charge >= 0.3 is 5.97 Å². The van der Waals surface area contributed by atoms with Gasteiger partial charge in [-0.05, 0) is 0 Å². The van der Waals surface area contributed by atoms with Gasteiger partial charge in [-0.15, -0.1) is 0 Å². The number of hydrogen-bond acceptors (Lipinski definition) is 4. The van der Waals surface area contributed by atoms with Crippen molar-refractivity contribution < 1.29 is 14.3 Å². The minimum absolute atomic E-state index is 0.0661. The van der Waals surface area contributed by atoms with Gasteiger partial charge in [-0.1, -0.05) is 0 Å². The molecule has 0 aromatic heterocycles. The van der Waals surface area contributed by atoms with Gasteiger partial charge in [-0.3, -0.25) is 9.59 Å². The maximum absolute atomic E-state index is 11.1. The number of likely N-dealkylation sites (tertiary alicyclic amines) is 1. The summed E-state index contributed by atoms with van der Waals surface area (Å²) in [5, 5.41) is 8.36. The second-order valence-corrected chi connectivity index (χ2v) is 2.87. The van der Waals surface area contributed by atoms with Crippen LogP contribution in [0.3, 0.4) is 0 Å². The smallest absolute Gasteiger partial charge is 0.302 e. The van der Waals surface area contributed by atoms with Crippen LogP contribution in [0.15, 0.2) is 0 Å². The first kappa shape index (κ1) is 9.52. The number of carbonyl (C=O) groups is 2. The molecular formula is C8H10N2O3. The number of nitriles is 1. The zero-order chi connectivity index (χ0) is 9.84. The average Bonchev–Trinajstić information content (AvgIpc) is 2.31. The van der Waals surface area contributed by atoms with Gasteiger partial charge < -0.3 is 9.64 Å². The molecule has 1 rings (SSSR count). The van der Waals surface area contributed by atoms with Crippen molar-refractivity contribution in [3.05, 3.63) is 0 Å². The van der Waals surface area contributed by atoms with Crippen LogP contribution in [0, 0.1) is 11.3 Å². The maximum Gasteiger partial charge on any atom is 0.302 e. The van der Waals surface area contributed by atoms with E-state index >= 15 is 0 Å². The Kier molecular flexibility index (Phi) is 2.85. The Hall–Kier alpha value is -1.57. The highest BCUT2D eigenvalue weighted by atomic mass is 16.5. The van der Waals surface area contributed by atoms with Gasteiger partial charge in [-0.2, -0.15) is 5.26 Å². The Labute approximate surface area is 75.9 Å². The third-order valence-electron chi connectivity index (χ3n) is 1.77. The van der Waals surface area contributed by atoms with Gasteiger partial charge in [0.1, 0.15) is 12.6 Å². The molecule has 1 heterocycles. The SMILES string of the molecule is CC(=O)OC1CC(=O)N(CC#N)C1. The summed E-state index contributed by atoms with van der Waals surface area (Å²) in [7, 11) is 0. The van der Waals surface area contributed by atoms with Gasteiger partial charge in [0.25, 0.3) is 0 Å². The van der Waals surface area contributed by atoms with Gasteiger partial charge in [0.2, 0.25) is 5.91 Å². The number of hydrogen-bond donors (Lipinski definition) is 0. The van der Waals surface area contributed by atoms with Crippen LogP contribution in [0.1, 0.15) is 13.3 Å². The predicted molar refractivity (Wildman–Crippen MR) is 42.4 cm³/mol. The third-order valence-corrected chi connectivity index (χ3v) is 1.77. The number of nitrogens with zero attached hydrogens (tertiary/aromatic N) is 2. The van der Waals surface area contributed by atoms with Crippen molar-refractivity contribution in [2.75, 3.05) is 13.1 Å². The predicted octanol–water partition coefficient (Wildman–Crippen LogP) is -0.326. The summed E-state index contributed by atoms with van der Waals surface area (Å²) in [6.45, 7) is 1.71. The Morgan fingerprint density at radius 3 is 3.08 bits per heavy atom. The van der Waals surface area contributed by atoms with Gasteiger partial charge in [0.05, 0.1) is 19.0 Å². The van der Waals surface area contributed by atoms with Gasteiger partial charge in [-0.25, -0.2) is 0 Å². The molecule has 0 aliphatic carbocycles. The quantitative estimate of drug-likeness (QED) is 0.433. The summed E-state index contributed by atoms with van der Waals surface area (Å²) in [4.78, 5) is 23.1. The zero-order valence-corrected chi connectivity index (χ0v) is 7.32. The van der Waals surface area contributed by atoms with E-state index in [1.54, 1.807) is 0 Å². The normalized spacial score (nSPS) is 21.4. The molecule has 70 valence electrons.